The van der Waals surface area contributed by atoms with Crippen molar-refractivity contribution < 1.29 is 18.7 Å². The zero-order valence-corrected chi connectivity index (χ0v) is 18.3. The van der Waals surface area contributed by atoms with Crippen molar-refractivity contribution >= 4 is 17.6 Å². The number of nitrogens with one attached hydrogen (secondary N) is 1. The number of fused-ring (bicyclic) bond motifs is 1. The Morgan fingerprint density at radius 2 is 2.06 bits per heavy atom. The highest BCUT2D eigenvalue weighted by Gasteiger charge is 2.18. The number of benzene rings is 1. The molecule has 0 fully saturated rings. The van der Waals surface area contributed by atoms with E-state index in [0.717, 1.165) is 11.6 Å². The lowest BCUT2D eigenvalue weighted by Gasteiger charge is -2.11. The first-order valence-corrected chi connectivity index (χ1v) is 10.4. The second-order valence-corrected chi connectivity index (χ2v) is 7.05. The average Bonchev–Trinajstić information content (AvgIpc) is 2.81. The highest BCUT2D eigenvalue weighted by atomic mass is 19.1. The molecule has 0 saturated carbocycles. The largest absolute Gasteiger partial charge is 0.438 e. The number of hydrogen-bond donors (Lipinski definition) is 1. The molecule has 0 saturated heterocycles. The van der Waals surface area contributed by atoms with Gasteiger partial charge in [0, 0.05) is 26.0 Å². The summed E-state index contributed by atoms with van der Waals surface area (Å²) in [6, 6.07) is 10.5. The number of hydrogen-bond acceptors (Lipinski definition) is 6. The second kappa shape index (κ2) is 11.0. The molecule has 0 spiro atoms. The Labute approximate surface area is 189 Å². The molecule has 1 aromatic carbocycles. The van der Waals surface area contributed by atoms with Crippen LogP contribution in [0, 0.1) is 24.1 Å². The second-order valence-electron chi connectivity index (χ2n) is 7.05. The summed E-state index contributed by atoms with van der Waals surface area (Å²) in [4.78, 5) is 30.2. The Morgan fingerprint density at radius 3 is 2.76 bits per heavy atom. The van der Waals surface area contributed by atoms with E-state index in [0.29, 0.717) is 31.8 Å². The molecule has 2 heterocycles. The summed E-state index contributed by atoms with van der Waals surface area (Å²) in [5.41, 5.74) is 0.209. The van der Waals surface area contributed by atoms with Gasteiger partial charge in [-0.25, -0.2) is 4.39 Å². The van der Waals surface area contributed by atoms with Gasteiger partial charge < -0.3 is 14.8 Å². The molecular formula is C24H23FN4O4. The van der Waals surface area contributed by atoms with Crippen molar-refractivity contribution in [2.24, 2.45) is 0 Å². The highest BCUT2D eigenvalue weighted by molar-refractivity contribution is 6.01. The van der Waals surface area contributed by atoms with Gasteiger partial charge in [0.15, 0.2) is 0 Å². The van der Waals surface area contributed by atoms with Crippen LogP contribution in [0.15, 0.2) is 53.0 Å². The average molecular weight is 450 g/mol. The Hall–Kier alpha value is -4.03. The summed E-state index contributed by atoms with van der Waals surface area (Å²) in [6.07, 6.45) is 3.27. The van der Waals surface area contributed by atoms with Crippen molar-refractivity contribution in [2.45, 2.75) is 20.3 Å². The van der Waals surface area contributed by atoms with Crippen molar-refractivity contribution in [2.75, 3.05) is 19.8 Å². The van der Waals surface area contributed by atoms with Crippen LogP contribution in [0.3, 0.4) is 0 Å². The van der Waals surface area contributed by atoms with E-state index in [1.54, 1.807) is 19.1 Å². The summed E-state index contributed by atoms with van der Waals surface area (Å²) in [5, 5.41) is 12.2. The minimum Gasteiger partial charge on any atom is -0.438 e. The van der Waals surface area contributed by atoms with E-state index in [1.165, 1.54) is 34.9 Å². The van der Waals surface area contributed by atoms with Gasteiger partial charge in [0.25, 0.3) is 11.5 Å². The van der Waals surface area contributed by atoms with E-state index in [4.69, 9.17) is 9.47 Å². The van der Waals surface area contributed by atoms with Crippen LogP contribution in [0.25, 0.3) is 11.7 Å². The zero-order valence-electron chi connectivity index (χ0n) is 18.3. The Morgan fingerprint density at radius 1 is 1.30 bits per heavy atom. The van der Waals surface area contributed by atoms with Crippen LogP contribution in [-0.4, -0.2) is 35.1 Å². The first-order valence-electron chi connectivity index (χ1n) is 10.4. The molecule has 0 atom stereocenters. The van der Waals surface area contributed by atoms with E-state index >= 15 is 0 Å². The molecule has 0 aliphatic carbocycles. The highest BCUT2D eigenvalue weighted by Crippen LogP contribution is 2.25. The first kappa shape index (κ1) is 23.6. The fraction of sp³-hybridized carbons (Fsp3) is 0.250. The molecule has 3 rings (SSSR count). The van der Waals surface area contributed by atoms with Gasteiger partial charge in [-0.1, -0.05) is 6.07 Å². The van der Waals surface area contributed by atoms with Crippen molar-refractivity contribution in [1.29, 1.82) is 5.26 Å². The van der Waals surface area contributed by atoms with Gasteiger partial charge in [0.05, 0.1) is 0 Å². The molecule has 8 nitrogen and oxygen atoms in total. The lowest BCUT2D eigenvalue weighted by atomic mass is 10.1. The number of aromatic nitrogens is 2. The maximum absolute atomic E-state index is 13.3. The minimum atomic E-state index is -0.629. The molecular weight excluding hydrogens is 427 g/mol. The molecule has 3 aromatic rings. The van der Waals surface area contributed by atoms with E-state index < -0.39 is 17.3 Å². The van der Waals surface area contributed by atoms with E-state index in [-0.39, 0.29) is 22.8 Å². The van der Waals surface area contributed by atoms with Crippen LogP contribution in [0.2, 0.25) is 0 Å². The molecule has 1 N–H and O–H groups in total. The SMILES string of the molecule is CCOCCCNC(=O)C(C#N)=Cc1c(Oc2ccc(F)cc2)nc2c(C)cccn2c1=O. The van der Waals surface area contributed by atoms with Crippen molar-refractivity contribution in [3.63, 3.8) is 0 Å². The molecule has 2 aromatic heterocycles. The molecule has 0 radical (unpaired) electrons. The van der Waals surface area contributed by atoms with Crippen LogP contribution in [0.4, 0.5) is 4.39 Å². The predicted molar refractivity (Wildman–Crippen MR) is 120 cm³/mol. The summed E-state index contributed by atoms with van der Waals surface area (Å²) in [7, 11) is 0. The first-order chi connectivity index (χ1) is 15.9. The number of halogens is 1. The number of amides is 1. The van der Waals surface area contributed by atoms with Crippen molar-refractivity contribution in [1.82, 2.24) is 14.7 Å². The number of nitrogens with zero attached hydrogens (tertiary/aromatic N) is 3. The summed E-state index contributed by atoms with van der Waals surface area (Å²) >= 11 is 0. The Bertz CT molecular complexity index is 1280. The van der Waals surface area contributed by atoms with Crippen LogP contribution >= 0.6 is 0 Å². The van der Waals surface area contributed by atoms with E-state index in [9.17, 15) is 19.2 Å². The lowest BCUT2D eigenvalue weighted by Crippen LogP contribution is -2.27. The van der Waals surface area contributed by atoms with E-state index in [1.807, 2.05) is 13.0 Å². The number of carbonyl (C=O) groups excluding carboxylic acids is 1. The van der Waals surface area contributed by atoms with Gasteiger partial charge in [0.2, 0.25) is 5.88 Å². The van der Waals surface area contributed by atoms with Gasteiger partial charge in [-0.05, 0) is 62.2 Å². The van der Waals surface area contributed by atoms with Crippen LogP contribution in [0.1, 0.15) is 24.5 Å². The normalized spacial score (nSPS) is 11.3. The molecule has 1 amide bonds. The Kier molecular flexibility index (Phi) is 7.89. The number of aryl methyl sites for hydroxylation is 1. The topological polar surface area (TPSA) is 106 Å². The number of carbonyl (C=O) groups is 1. The monoisotopic (exact) mass is 450 g/mol. The number of rotatable bonds is 9. The third kappa shape index (κ3) is 5.81. The fourth-order valence-corrected chi connectivity index (χ4v) is 3.02. The minimum absolute atomic E-state index is 0.0801. The number of pyridine rings is 1. The summed E-state index contributed by atoms with van der Waals surface area (Å²) in [6.45, 7) is 5.03. The molecule has 0 aliphatic heterocycles. The molecule has 0 aliphatic rings. The van der Waals surface area contributed by atoms with Gasteiger partial charge in [-0.2, -0.15) is 10.2 Å². The number of ether oxygens (including phenoxy) is 2. The number of nitriles is 1. The maximum Gasteiger partial charge on any atom is 0.269 e. The molecule has 170 valence electrons. The van der Waals surface area contributed by atoms with Crippen LogP contribution < -0.4 is 15.6 Å². The van der Waals surface area contributed by atoms with Crippen LogP contribution in [-0.2, 0) is 9.53 Å². The summed E-state index contributed by atoms with van der Waals surface area (Å²) in [5.74, 6) is -0.930. The van der Waals surface area contributed by atoms with Gasteiger partial charge in [-0.15, -0.1) is 0 Å². The molecule has 0 unspecified atom stereocenters. The standard InChI is InChI=1S/C24H23FN4O4/c1-3-32-13-5-11-27-22(30)17(15-26)14-20-23(33-19-9-7-18(25)8-10-19)28-21-16(2)6-4-12-29(21)24(20)31/h4,6-10,12,14H,3,5,11,13H2,1-2H3,(H,27,30). The zero-order chi connectivity index (χ0) is 23.8. The third-order valence-electron chi connectivity index (χ3n) is 4.69. The quantitative estimate of drug-likeness (QED) is 0.304. The van der Waals surface area contributed by atoms with Gasteiger partial charge >= 0.3 is 0 Å². The molecule has 33 heavy (non-hydrogen) atoms. The van der Waals surface area contributed by atoms with Crippen LogP contribution in [0.5, 0.6) is 11.6 Å². The summed E-state index contributed by atoms with van der Waals surface area (Å²) < 4.78 is 25.6. The van der Waals surface area contributed by atoms with E-state index in [2.05, 4.69) is 10.3 Å². The third-order valence-corrected chi connectivity index (χ3v) is 4.69. The molecule has 9 heteroatoms. The van der Waals surface area contributed by atoms with Crippen molar-refractivity contribution in [3.05, 3.63) is 75.5 Å². The Balaban J connectivity index is 2.02. The van der Waals surface area contributed by atoms with Crippen molar-refractivity contribution in [3.8, 4) is 17.7 Å². The smallest absolute Gasteiger partial charge is 0.269 e. The molecule has 0 bridgehead atoms. The maximum atomic E-state index is 13.3. The van der Waals surface area contributed by atoms with Gasteiger partial charge in [-0.3, -0.25) is 14.0 Å². The fourth-order valence-electron chi connectivity index (χ4n) is 3.02. The predicted octanol–water partition coefficient (Wildman–Crippen LogP) is 3.38. The van der Waals surface area contributed by atoms with Gasteiger partial charge in [0.1, 0.15) is 34.4 Å². The lowest BCUT2D eigenvalue weighted by molar-refractivity contribution is -0.117.